The van der Waals surface area contributed by atoms with Crippen molar-refractivity contribution >= 4 is 0 Å². The smallest absolute Gasteiger partial charge is 0.187 e. The van der Waals surface area contributed by atoms with Gasteiger partial charge in [-0.3, -0.25) is 0 Å². The van der Waals surface area contributed by atoms with Crippen LogP contribution in [-0.2, 0) is 31.8 Å². The van der Waals surface area contributed by atoms with Crippen molar-refractivity contribution in [2.75, 3.05) is 19.8 Å². The number of aryl methyl sites for hydroxylation is 2. The van der Waals surface area contributed by atoms with Gasteiger partial charge in [0.15, 0.2) is 12.6 Å². The second-order valence-corrected chi connectivity index (χ2v) is 11.1. The van der Waals surface area contributed by atoms with Crippen LogP contribution in [0.3, 0.4) is 0 Å². The van der Waals surface area contributed by atoms with Crippen LogP contribution in [0.2, 0.25) is 0 Å². The molecular weight excluding hydrogens is 552 g/mol. The molecule has 0 aliphatic carbocycles. The van der Waals surface area contributed by atoms with Crippen molar-refractivity contribution in [2.45, 2.75) is 93.3 Å². The molecule has 8 N–H and O–H groups in total. The highest BCUT2D eigenvalue weighted by Crippen LogP contribution is 2.32. The average Bonchev–Trinajstić information content (AvgIpc) is 3.28. The highest BCUT2D eigenvalue weighted by Gasteiger charge is 2.53. The number of aliphatic hydroxyl groups is 6. The minimum absolute atomic E-state index is 0.156. The second kappa shape index (κ2) is 14.9. The Hall–Kier alpha value is -2.36. The normalized spacial score (nSPS) is 32.2. The van der Waals surface area contributed by atoms with Gasteiger partial charge in [-0.05, 0) is 67.5 Å². The first kappa shape index (κ1) is 32.6. The number of hydrogen-bond donors (Lipinski definition) is 8. The first-order chi connectivity index (χ1) is 20.1. The molecule has 0 spiro atoms. The summed E-state index contributed by atoms with van der Waals surface area (Å²) in [6.45, 7) is -1.79. The Morgan fingerprint density at radius 3 is 2.00 bits per heavy atom. The molecule has 0 bridgehead atoms. The van der Waals surface area contributed by atoms with Gasteiger partial charge in [0.25, 0.3) is 0 Å². The molecule has 2 fully saturated rings. The van der Waals surface area contributed by atoms with Crippen LogP contribution in [0.15, 0.2) is 48.5 Å². The maximum Gasteiger partial charge on any atom is 0.187 e. The van der Waals surface area contributed by atoms with Crippen molar-refractivity contribution in [3.05, 3.63) is 59.7 Å². The van der Waals surface area contributed by atoms with E-state index in [1.165, 1.54) is 0 Å². The van der Waals surface area contributed by atoms with E-state index in [2.05, 4.69) is 0 Å². The third-order valence-corrected chi connectivity index (χ3v) is 7.89. The van der Waals surface area contributed by atoms with E-state index in [-0.39, 0.29) is 11.5 Å². The standard InChI is InChI=1S/C30H42O12/c31-15-23-24(35)25(36)26(42-29-27(37)30(38,16-32)17-39-29)28(41-23)40-22(14-9-19-7-12-21(34)13-8-19)4-2-1-3-18-5-10-20(33)11-6-18/h5-8,10-13,22-29,31-38H,1-4,9,14-17H2/t22-,23-,24-,25+,26-,27+,28+,29-,30-/m1/s1. The SMILES string of the molecule is OC[C@H]1O[C@H](O[C@H](CCCCc2ccc(O)cc2)CCc2ccc(O)cc2)[C@H](O[C@H]2OC[C@](O)(CO)[C@H]2O)[C@@H](O)[C@@H]1O. The molecule has 0 aromatic heterocycles. The lowest BCUT2D eigenvalue weighted by atomic mass is 9.97. The molecule has 12 nitrogen and oxygen atoms in total. The number of benzene rings is 2. The van der Waals surface area contributed by atoms with Gasteiger partial charge in [-0.2, -0.15) is 0 Å². The molecule has 42 heavy (non-hydrogen) atoms. The first-order valence-corrected chi connectivity index (χ1v) is 14.3. The summed E-state index contributed by atoms with van der Waals surface area (Å²) < 4.78 is 23.3. The third kappa shape index (κ3) is 8.17. The average molecular weight is 595 g/mol. The fraction of sp³-hybridized carbons (Fsp3) is 0.600. The molecule has 2 aromatic carbocycles. The van der Waals surface area contributed by atoms with Crippen LogP contribution in [0.1, 0.15) is 36.8 Å². The summed E-state index contributed by atoms with van der Waals surface area (Å²) in [7, 11) is 0. The van der Waals surface area contributed by atoms with Gasteiger partial charge in [0, 0.05) is 0 Å². The largest absolute Gasteiger partial charge is 0.508 e. The van der Waals surface area contributed by atoms with Crippen LogP contribution in [0.4, 0.5) is 0 Å². The molecule has 2 aliphatic rings. The first-order valence-electron chi connectivity index (χ1n) is 14.3. The molecule has 2 saturated heterocycles. The van der Waals surface area contributed by atoms with E-state index in [4.69, 9.17) is 18.9 Å². The van der Waals surface area contributed by atoms with E-state index in [9.17, 15) is 40.9 Å². The molecule has 0 radical (unpaired) electrons. The highest BCUT2D eigenvalue weighted by molar-refractivity contribution is 5.26. The number of rotatable bonds is 14. The fourth-order valence-corrected chi connectivity index (χ4v) is 5.20. The minimum Gasteiger partial charge on any atom is -0.508 e. The fourth-order valence-electron chi connectivity index (χ4n) is 5.20. The minimum atomic E-state index is -1.96. The van der Waals surface area contributed by atoms with Crippen LogP contribution in [0.5, 0.6) is 11.5 Å². The number of unbranched alkanes of at least 4 members (excludes halogenated alkanes) is 1. The van der Waals surface area contributed by atoms with Gasteiger partial charge < -0.3 is 59.8 Å². The molecule has 4 rings (SSSR count). The Kier molecular flexibility index (Phi) is 11.5. The zero-order chi connectivity index (χ0) is 30.3. The van der Waals surface area contributed by atoms with Crippen LogP contribution in [0, 0.1) is 0 Å². The summed E-state index contributed by atoms with van der Waals surface area (Å²) in [6, 6.07) is 13.8. The van der Waals surface area contributed by atoms with Gasteiger partial charge in [-0.15, -0.1) is 0 Å². The predicted octanol–water partition coefficient (Wildman–Crippen LogP) is 0.0934. The summed E-state index contributed by atoms with van der Waals surface area (Å²) in [5.74, 6) is 0.360. The van der Waals surface area contributed by atoms with Crippen molar-refractivity contribution in [1.29, 1.82) is 0 Å². The lowest BCUT2D eigenvalue weighted by molar-refractivity contribution is -0.344. The Labute approximate surface area is 244 Å². The topological polar surface area (TPSA) is 199 Å². The molecule has 234 valence electrons. The maximum atomic E-state index is 10.9. The van der Waals surface area contributed by atoms with Gasteiger partial charge in [-0.25, -0.2) is 0 Å². The molecule has 2 heterocycles. The summed E-state index contributed by atoms with van der Waals surface area (Å²) in [5, 5.41) is 80.6. The van der Waals surface area contributed by atoms with Crippen molar-refractivity contribution < 1.29 is 59.8 Å². The van der Waals surface area contributed by atoms with Crippen molar-refractivity contribution in [2.24, 2.45) is 0 Å². The van der Waals surface area contributed by atoms with E-state index in [1.54, 1.807) is 24.3 Å². The summed E-state index contributed by atoms with van der Waals surface area (Å²) in [5.41, 5.74) is 0.0920. The van der Waals surface area contributed by atoms with Gasteiger partial charge in [-0.1, -0.05) is 30.7 Å². The van der Waals surface area contributed by atoms with Crippen molar-refractivity contribution in [3.8, 4) is 11.5 Å². The predicted molar refractivity (Wildman–Crippen MR) is 147 cm³/mol. The second-order valence-electron chi connectivity index (χ2n) is 11.1. The molecule has 2 aliphatic heterocycles. The molecule has 0 amide bonds. The van der Waals surface area contributed by atoms with E-state index >= 15 is 0 Å². The zero-order valence-electron chi connectivity index (χ0n) is 23.3. The monoisotopic (exact) mass is 594 g/mol. The molecule has 0 unspecified atom stereocenters. The number of aliphatic hydroxyl groups excluding tert-OH is 5. The Bertz CT molecular complexity index is 1080. The third-order valence-electron chi connectivity index (χ3n) is 7.89. The van der Waals surface area contributed by atoms with E-state index in [0.717, 1.165) is 30.4 Å². The molecule has 12 heteroatoms. The number of ether oxygens (including phenoxy) is 4. The summed E-state index contributed by atoms with van der Waals surface area (Å²) in [6.07, 6.45) is -6.32. The van der Waals surface area contributed by atoms with Gasteiger partial charge in [0.2, 0.25) is 0 Å². The molecule has 2 aromatic rings. The van der Waals surface area contributed by atoms with Crippen LogP contribution >= 0.6 is 0 Å². The number of hydrogen-bond acceptors (Lipinski definition) is 12. The molecule has 9 atom stereocenters. The lowest BCUT2D eigenvalue weighted by Gasteiger charge is -2.43. The summed E-state index contributed by atoms with van der Waals surface area (Å²) in [4.78, 5) is 0. The lowest BCUT2D eigenvalue weighted by Crippen LogP contribution is -2.62. The Balaban J connectivity index is 1.46. The molecule has 0 saturated carbocycles. The van der Waals surface area contributed by atoms with Crippen LogP contribution in [-0.4, -0.2) is 115 Å². The van der Waals surface area contributed by atoms with E-state index < -0.39 is 74.6 Å². The van der Waals surface area contributed by atoms with E-state index in [1.807, 2.05) is 24.3 Å². The summed E-state index contributed by atoms with van der Waals surface area (Å²) >= 11 is 0. The highest BCUT2D eigenvalue weighted by atomic mass is 16.8. The molecular formula is C30H42O12. The van der Waals surface area contributed by atoms with Crippen molar-refractivity contribution in [3.63, 3.8) is 0 Å². The van der Waals surface area contributed by atoms with E-state index in [0.29, 0.717) is 19.3 Å². The number of phenolic OH excluding ortho intramolecular Hbond substituents is 2. The number of phenols is 2. The maximum absolute atomic E-state index is 10.9. The Morgan fingerprint density at radius 2 is 1.43 bits per heavy atom. The van der Waals surface area contributed by atoms with Gasteiger partial charge >= 0.3 is 0 Å². The Morgan fingerprint density at radius 1 is 0.810 bits per heavy atom. The van der Waals surface area contributed by atoms with Crippen molar-refractivity contribution in [1.82, 2.24) is 0 Å². The van der Waals surface area contributed by atoms with Crippen LogP contribution < -0.4 is 0 Å². The van der Waals surface area contributed by atoms with Gasteiger partial charge in [0.05, 0.1) is 25.9 Å². The van der Waals surface area contributed by atoms with Gasteiger partial charge in [0.1, 0.15) is 47.6 Å². The quantitative estimate of drug-likeness (QED) is 0.137. The zero-order valence-corrected chi connectivity index (χ0v) is 23.3. The number of aromatic hydroxyl groups is 2. The van der Waals surface area contributed by atoms with Crippen LogP contribution in [0.25, 0.3) is 0 Å².